The molecule has 0 radical (unpaired) electrons. The lowest BCUT2D eigenvalue weighted by Gasteiger charge is -2.28. The maximum atomic E-state index is 12.5. The molecule has 0 aromatic carbocycles. The summed E-state index contributed by atoms with van der Waals surface area (Å²) < 4.78 is 5.49. The highest BCUT2D eigenvalue weighted by molar-refractivity contribution is 6.29. The number of nitrogens with zero attached hydrogens (tertiary/aromatic N) is 2. The van der Waals surface area contributed by atoms with Crippen LogP contribution < -0.4 is 0 Å². The quantitative estimate of drug-likeness (QED) is 0.807. The molecule has 3 rings (SSSR count). The van der Waals surface area contributed by atoms with E-state index in [1.165, 1.54) is 0 Å². The first kappa shape index (κ1) is 15.6. The first-order valence-corrected chi connectivity index (χ1v) is 7.96. The summed E-state index contributed by atoms with van der Waals surface area (Å²) >= 11 is 5.83. The molecule has 3 heterocycles. The molecule has 1 aromatic heterocycles. The average Bonchev–Trinajstić information content (AvgIpc) is 2.94. The Morgan fingerprint density at radius 1 is 1.36 bits per heavy atom. The molecule has 2 fully saturated rings. The summed E-state index contributed by atoms with van der Waals surface area (Å²) in [4.78, 5) is 18.3. The van der Waals surface area contributed by atoms with Crippen LogP contribution in [0, 0.1) is 0 Å². The normalized spacial score (nSPS) is 30.7. The van der Waals surface area contributed by atoms with Crippen LogP contribution in [0.2, 0.25) is 5.15 Å². The second kappa shape index (κ2) is 5.39. The van der Waals surface area contributed by atoms with Gasteiger partial charge in [-0.15, -0.1) is 0 Å². The molecule has 0 unspecified atom stereocenters. The summed E-state index contributed by atoms with van der Waals surface area (Å²) in [6.45, 7) is 5.54. The Balaban J connectivity index is 1.84. The van der Waals surface area contributed by atoms with E-state index in [-0.39, 0.29) is 24.1 Å². The Kier molecular flexibility index (Phi) is 3.81. The highest BCUT2D eigenvalue weighted by atomic mass is 35.5. The zero-order valence-electron chi connectivity index (χ0n) is 13.0. The third-order valence-corrected chi connectivity index (χ3v) is 4.61. The fourth-order valence-corrected chi connectivity index (χ4v) is 3.72. The zero-order chi connectivity index (χ0) is 16.1. The molecule has 1 N–H and O–H groups in total. The minimum Gasteiger partial charge on any atom is -0.444 e. The number of hydrogen-bond donors (Lipinski definition) is 1. The van der Waals surface area contributed by atoms with Crippen molar-refractivity contribution in [3.63, 3.8) is 0 Å². The van der Waals surface area contributed by atoms with Crippen LogP contribution in [0.25, 0.3) is 0 Å². The summed E-state index contributed by atoms with van der Waals surface area (Å²) in [6, 6.07) is 3.36. The first-order chi connectivity index (χ1) is 10.3. The highest BCUT2D eigenvalue weighted by Crippen LogP contribution is 2.47. The van der Waals surface area contributed by atoms with Gasteiger partial charge in [0.25, 0.3) is 0 Å². The van der Waals surface area contributed by atoms with Crippen molar-refractivity contribution in [1.82, 2.24) is 9.88 Å². The van der Waals surface area contributed by atoms with Crippen LogP contribution in [0.1, 0.15) is 45.1 Å². The summed E-state index contributed by atoms with van der Waals surface area (Å²) in [7, 11) is 0. The van der Waals surface area contributed by atoms with Gasteiger partial charge in [0.1, 0.15) is 10.8 Å². The fraction of sp³-hybridized carbons (Fsp3) is 0.625. The molecule has 1 aromatic rings. The van der Waals surface area contributed by atoms with Gasteiger partial charge in [-0.05, 0) is 45.2 Å². The standard InChI is InChI=1S/C16H21ClN2O3/c1-16(2,3)22-15(21)19-10-5-6-11(19)14(20)13(10)9-4-7-12(17)18-8-9/h4,7-8,10-11,13-14,20H,5-6H2,1-3H3/t10-,11+,13-,14+/m1/s1. The Morgan fingerprint density at radius 2 is 2.05 bits per heavy atom. The number of rotatable bonds is 1. The maximum Gasteiger partial charge on any atom is 0.410 e. The summed E-state index contributed by atoms with van der Waals surface area (Å²) in [6.07, 6.45) is 2.43. The second-order valence-corrected chi connectivity index (χ2v) is 7.42. The van der Waals surface area contributed by atoms with E-state index < -0.39 is 11.7 Å². The molecule has 4 atom stereocenters. The predicted molar refractivity (Wildman–Crippen MR) is 82.9 cm³/mol. The van der Waals surface area contributed by atoms with Crippen LogP contribution >= 0.6 is 11.6 Å². The van der Waals surface area contributed by atoms with Crippen molar-refractivity contribution in [2.45, 2.75) is 63.3 Å². The van der Waals surface area contributed by atoms with Crippen molar-refractivity contribution in [3.8, 4) is 0 Å². The van der Waals surface area contributed by atoms with Gasteiger partial charge in [-0.3, -0.25) is 4.90 Å². The molecule has 1 amide bonds. The first-order valence-electron chi connectivity index (χ1n) is 7.59. The van der Waals surface area contributed by atoms with Crippen LogP contribution in [0.3, 0.4) is 0 Å². The molecule has 2 aliphatic rings. The molecule has 0 saturated carbocycles. The lowest BCUT2D eigenvalue weighted by Crippen LogP contribution is -2.41. The largest absolute Gasteiger partial charge is 0.444 e. The van der Waals surface area contributed by atoms with E-state index in [0.717, 1.165) is 18.4 Å². The number of hydrogen-bond acceptors (Lipinski definition) is 4. The third-order valence-electron chi connectivity index (χ3n) is 4.39. The number of pyridine rings is 1. The number of ether oxygens (including phenoxy) is 1. The summed E-state index contributed by atoms with van der Waals surface area (Å²) in [5.41, 5.74) is 0.374. The Bertz CT molecular complexity index is 570. The van der Waals surface area contributed by atoms with Crippen LogP contribution in [-0.4, -0.2) is 44.9 Å². The molecule has 2 saturated heterocycles. The van der Waals surface area contributed by atoms with Crippen molar-refractivity contribution in [2.24, 2.45) is 0 Å². The van der Waals surface area contributed by atoms with Gasteiger partial charge in [0.2, 0.25) is 0 Å². The van der Waals surface area contributed by atoms with E-state index in [1.54, 1.807) is 17.2 Å². The van der Waals surface area contributed by atoms with Gasteiger partial charge in [0.15, 0.2) is 0 Å². The van der Waals surface area contributed by atoms with Crippen LogP contribution in [0.5, 0.6) is 0 Å². The predicted octanol–water partition coefficient (Wildman–Crippen LogP) is 2.96. The molecule has 2 aliphatic heterocycles. The number of aromatic nitrogens is 1. The van der Waals surface area contributed by atoms with Gasteiger partial charge in [-0.25, -0.2) is 9.78 Å². The highest BCUT2D eigenvalue weighted by Gasteiger charge is 2.56. The molecule has 22 heavy (non-hydrogen) atoms. The fourth-order valence-electron chi connectivity index (χ4n) is 3.61. The Labute approximate surface area is 135 Å². The number of aliphatic hydroxyl groups excluding tert-OH is 1. The lowest BCUT2D eigenvalue weighted by molar-refractivity contribution is 0.0170. The third kappa shape index (κ3) is 2.68. The van der Waals surface area contributed by atoms with Gasteiger partial charge < -0.3 is 9.84 Å². The van der Waals surface area contributed by atoms with Gasteiger partial charge in [0.05, 0.1) is 12.1 Å². The van der Waals surface area contributed by atoms with Crippen molar-refractivity contribution in [3.05, 3.63) is 29.0 Å². The van der Waals surface area contributed by atoms with Gasteiger partial charge in [-0.2, -0.15) is 0 Å². The van der Waals surface area contributed by atoms with Gasteiger partial charge in [0, 0.05) is 18.2 Å². The molecule has 120 valence electrons. The van der Waals surface area contributed by atoms with E-state index in [4.69, 9.17) is 16.3 Å². The monoisotopic (exact) mass is 324 g/mol. The molecule has 0 spiro atoms. The van der Waals surface area contributed by atoms with Crippen molar-refractivity contribution in [2.75, 3.05) is 0 Å². The van der Waals surface area contributed by atoms with Crippen LogP contribution in [-0.2, 0) is 4.74 Å². The Hall–Kier alpha value is -1.33. The number of fused-ring (bicyclic) bond motifs is 2. The summed E-state index contributed by atoms with van der Waals surface area (Å²) in [5, 5.41) is 11.0. The Morgan fingerprint density at radius 3 is 2.64 bits per heavy atom. The minimum atomic E-state index is -0.589. The smallest absolute Gasteiger partial charge is 0.410 e. The molecular weight excluding hydrogens is 304 g/mol. The van der Waals surface area contributed by atoms with Gasteiger partial charge in [-0.1, -0.05) is 17.7 Å². The molecule has 5 nitrogen and oxygen atoms in total. The van der Waals surface area contributed by atoms with E-state index in [0.29, 0.717) is 5.15 Å². The van der Waals surface area contributed by atoms with E-state index in [1.807, 2.05) is 26.8 Å². The molecule has 6 heteroatoms. The molecule has 0 aliphatic carbocycles. The molecule has 2 bridgehead atoms. The van der Waals surface area contributed by atoms with Crippen molar-refractivity contribution < 1.29 is 14.6 Å². The van der Waals surface area contributed by atoms with E-state index in [2.05, 4.69) is 4.98 Å². The molecular formula is C16H21ClN2O3. The number of aliphatic hydroxyl groups is 1. The topological polar surface area (TPSA) is 62.7 Å². The number of carbonyl (C=O) groups is 1. The van der Waals surface area contributed by atoms with Crippen molar-refractivity contribution in [1.29, 1.82) is 0 Å². The van der Waals surface area contributed by atoms with Crippen LogP contribution in [0.4, 0.5) is 4.79 Å². The van der Waals surface area contributed by atoms with Crippen molar-refractivity contribution >= 4 is 17.7 Å². The number of carbonyl (C=O) groups excluding carboxylic acids is 1. The summed E-state index contributed by atoms with van der Waals surface area (Å²) in [5.74, 6) is -0.129. The van der Waals surface area contributed by atoms with E-state index in [9.17, 15) is 9.90 Å². The SMILES string of the molecule is CC(C)(C)OC(=O)N1[C@@H]2CC[C@H]1[C@H](O)[C@@H]2c1ccc(Cl)nc1. The van der Waals surface area contributed by atoms with Crippen LogP contribution in [0.15, 0.2) is 18.3 Å². The minimum absolute atomic E-state index is 0.0437. The lowest BCUT2D eigenvalue weighted by atomic mass is 9.82. The average molecular weight is 325 g/mol. The van der Waals surface area contributed by atoms with Gasteiger partial charge >= 0.3 is 6.09 Å². The van der Waals surface area contributed by atoms with E-state index >= 15 is 0 Å². The maximum absolute atomic E-state index is 12.5. The number of amides is 1. The second-order valence-electron chi connectivity index (χ2n) is 7.03. The number of halogens is 1. The zero-order valence-corrected chi connectivity index (χ0v) is 13.7.